The van der Waals surface area contributed by atoms with Crippen molar-refractivity contribution in [3.8, 4) is 0 Å². The second-order valence-electron chi connectivity index (χ2n) is 6.41. The summed E-state index contributed by atoms with van der Waals surface area (Å²) in [5, 5.41) is 0. The standard InChI is InChI=1S/C18H18N2O3S/c1-13-7-9-15(10-8-13)20-17-12-24(22,23)11-16(17)19(18(20)21)14-5-3-2-4-6-14/h2-10,16-17H,11-12H2,1H3. The van der Waals surface area contributed by atoms with Crippen molar-refractivity contribution in [2.45, 2.75) is 19.0 Å². The average Bonchev–Trinajstić information content (AvgIpc) is 2.98. The van der Waals surface area contributed by atoms with Crippen molar-refractivity contribution < 1.29 is 13.2 Å². The summed E-state index contributed by atoms with van der Waals surface area (Å²) in [6, 6.07) is 16.1. The van der Waals surface area contributed by atoms with E-state index >= 15 is 0 Å². The molecule has 2 fully saturated rings. The van der Waals surface area contributed by atoms with Gasteiger partial charge in [0.1, 0.15) is 0 Å². The number of sulfone groups is 1. The third kappa shape index (κ3) is 2.38. The van der Waals surface area contributed by atoms with Crippen molar-refractivity contribution in [2.75, 3.05) is 21.3 Å². The molecule has 0 N–H and O–H groups in total. The number of carbonyl (C=O) groups excluding carboxylic acids is 1. The highest BCUT2D eigenvalue weighted by Crippen LogP contribution is 2.37. The molecule has 2 atom stereocenters. The fraction of sp³-hybridized carbons (Fsp3) is 0.278. The first-order valence-electron chi connectivity index (χ1n) is 7.91. The van der Waals surface area contributed by atoms with Crippen molar-refractivity contribution in [3.63, 3.8) is 0 Å². The number of aryl methyl sites for hydroxylation is 1. The van der Waals surface area contributed by atoms with Crippen LogP contribution in [0.25, 0.3) is 0 Å². The lowest BCUT2D eigenvalue weighted by atomic mass is 10.1. The fourth-order valence-corrected chi connectivity index (χ4v) is 5.52. The van der Waals surface area contributed by atoms with Crippen molar-refractivity contribution in [1.29, 1.82) is 0 Å². The lowest BCUT2D eigenvalue weighted by Gasteiger charge is -2.22. The molecule has 0 bridgehead atoms. The van der Waals surface area contributed by atoms with Gasteiger partial charge >= 0.3 is 6.03 Å². The number of carbonyl (C=O) groups is 1. The van der Waals surface area contributed by atoms with Gasteiger partial charge in [0.25, 0.3) is 0 Å². The molecule has 124 valence electrons. The molecule has 2 aliphatic heterocycles. The number of amides is 2. The van der Waals surface area contributed by atoms with E-state index in [0.29, 0.717) is 0 Å². The summed E-state index contributed by atoms with van der Waals surface area (Å²) >= 11 is 0. The van der Waals surface area contributed by atoms with Gasteiger partial charge in [-0.3, -0.25) is 9.80 Å². The fourth-order valence-electron chi connectivity index (χ4n) is 3.60. The summed E-state index contributed by atoms with van der Waals surface area (Å²) in [4.78, 5) is 16.3. The Morgan fingerprint density at radius 3 is 1.88 bits per heavy atom. The predicted molar refractivity (Wildman–Crippen MR) is 94.2 cm³/mol. The predicted octanol–water partition coefficient (Wildman–Crippen LogP) is 2.61. The number of hydrogen-bond acceptors (Lipinski definition) is 3. The van der Waals surface area contributed by atoms with Gasteiger partial charge in [-0.25, -0.2) is 13.2 Å². The molecule has 2 aromatic rings. The second-order valence-corrected chi connectivity index (χ2v) is 8.56. The average molecular weight is 342 g/mol. The van der Waals surface area contributed by atoms with Crippen LogP contribution >= 0.6 is 0 Å². The van der Waals surface area contributed by atoms with Crippen LogP contribution in [0.3, 0.4) is 0 Å². The maximum absolute atomic E-state index is 13.1. The number of hydrogen-bond donors (Lipinski definition) is 0. The maximum atomic E-state index is 13.1. The number of benzene rings is 2. The normalized spacial score (nSPS) is 25.1. The molecule has 2 amide bonds. The molecule has 6 heteroatoms. The van der Waals surface area contributed by atoms with Crippen molar-refractivity contribution in [2.24, 2.45) is 0 Å². The highest BCUT2D eigenvalue weighted by Gasteiger charge is 2.54. The largest absolute Gasteiger partial charge is 0.329 e. The van der Waals surface area contributed by atoms with Gasteiger partial charge < -0.3 is 0 Å². The lowest BCUT2D eigenvalue weighted by molar-refractivity contribution is 0.255. The van der Waals surface area contributed by atoms with Crippen LogP contribution in [0.15, 0.2) is 54.6 Å². The maximum Gasteiger partial charge on any atom is 0.329 e. The molecular formula is C18H18N2O3S. The SMILES string of the molecule is Cc1ccc(N2C(=O)N(c3ccccc3)C3CS(=O)(=O)CC32)cc1. The Morgan fingerprint density at radius 2 is 1.33 bits per heavy atom. The van der Waals surface area contributed by atoms with E-state index in [4.69, 9.17) is 0 Å². The number of nitrogens with zero attached hydrogens (tertiary/aromatic N) is 2. The molecule has 0 spiro atoms. The lowest BCUT2D eigenvalue weighted by Crippen LogP contribution is -2.37. The summed E-state index contributed by atoms with van der Waals surface area (Å²) < 4.78 is 24.4. The molecule has 2 aromatic carbocycles. The van der Waals surface area contributed by atoms with E-state index in [1.54, 1.807) is 9.80 Å². The summed E-state index contributed by atoms with van der Waals surface area (Å²) in [5.41, 5.74) is 2.58. The number of urea groups is 1. The summed E-state index contributed by atoms with van der Waals surface area (Å²) in [6.07, 6.45) is 0. The van der Waals surface area contributed by atoms with Gasteiger partial charge in [0.15, 0.2) is 9.84 Å². The minimum atomic E-state index is -3.15. The third-order valence-electron chi connectivity index (χ3n) is 4.72. The van der Waals surface area contributed by atoms with Crippen molar-refractivity contribution in [1.82, 2.24) is 0 Å². The Kier molecular flexibility index (Phi) is 3.38. The van der Waals surface area contributed by atoms with E-state index in [1.165, 1.54) is 0 Å². The molecule has 0 saturated carbocycles. The Hall–Kier alpha value is -2.34. The third-order valence-corrected chi connectivity index (χ3v) is 6.41. The van der Waals surface area contributed by atoms with Gasteiger partial charge in [0, 0.05) is 11.4 Å². The van der Waals surface area contributed by atoms with Crippen LogP contribution in [0.5, 0.6) is 0 Å². The van der Waals surface area contributed by atoms with E-state index in [1.807, 2.05) is 61.5 Å². The molecule has 2 aliphatic rings. The molecule has 24 heavy (non-hydrogen) atoms. The van der Waals surface area contributed by atoms with E-state index in [-0.39, 0.29) is 29.6 Å². The van der Waals surface area contributed by atoms with Crippen LogP contribution in [0.1, 0.15) is 5.56 Å². The van der Waals surface area contributed by atoms with Crippen LogP contribution < -0.4 is 9.80 Å². The smallest absolute Gasteiger partial charge is 0.288 e. The van der Waals surface area contributed by atoms with Crippen molar-refractivity contribution in [3.05, 3.63) is 60.2 Å². The first-order chi connectivity index (χ1) is 11.5. The topological polar surface area (TPSA) is 57.7 Å². The van der Waals surface area contributed by atoms with Crippen LogP contribution in [0.2, 0.25) is 0 Å². The van der Waals surface area contributed by atoms with Gasteiger partial charge in [0.05, 0.1) is 23.6 Å². The summed E-state index contributed by atoms with van der Waals surface area (Å²) in [5.74, 6) is 0.0290. The molecule has 0 aliphatic carbocycles. The quantitative estimate of drug-likeness (QED) is 0.788. The summed E-state index contributed by atoms with van der Waals surface area (Å²) in [6.45, 7) is 1.98. The van der Waals surface area contributed by atoms with E-state index in [2.05, 4.69) is 0 Å². The minimum absolute atomic E-state index is 0.0145. The molecule has 2 heterocycles. The highest BCUT2D eigenvalue weighted by molar-refractivity contribution is 7.91. The molecule has 4 rings (SSSR count). The Morgan fingerprint density at radius 1 is 0.833 bits per heavy atom. The Labute approximate surface area is 141 Å². The van der Waals surface area contributed by atoms with E-state index < -0.39 is 9.84 Å². The Balaban J connectivity index is 1.80. The molecule has 0 aromatic heterocycles. The van der Waals surface area contributed by atoms with Gasteiger partial charge in [-0.2, -0.15) is 0 Å². The first kappa shape index (κ1) is 15.2. The highest BCUT2D eigenvalue weighted by atomic mass is 32.2. The van der Waals surface area contributed by atoms with Crippen LogP contribution in [0, 0.1) is 6.92 Å². The number of rotatable bonds is 2. The first-order valence-corrected chi connectivity index (χ1v) is 9.73. The summed E-state index contributed by atoms with van der Waals surface area (Å²) in [7, 11) is -3.15. The number of anilines is 2. The zero-order valence-corrected chi connectivity index (χ0v) is 14.1. The van der Waals surface area contributed by atoms with Gasteiger partial charge in [-0.15, -0.1) is 0 Å². The number of para-hydroxylation sites is 1. The molecule has 2 unspecified atom stereocenters. The van der Waals surface area contributed by atoms with Crippen molar-refractivity contribution >= 4 is 27.2 Å². The minimum Gasteiger partial charge on any atom is -0.288 e. The van der Waals surface area contributed by atoms with Crippen LogP contribution in [-0.4, -0.2) is 38.0 Å². The van der Waals surface area contributed by atoms with Crippen LogP contribution in [-0.2, 0) is 9.84 Å². The molecule has 0 radical (unpaired) electrons. The zero-order valence-electron chi connectivity index (χ0n) is 13.3. The number of fused-ring (bicyclic) bond motifs is 1. The molecule has 5 nitrogen and oxygen atoms in total. The van der Waals surface area contributed by atoms with Gasteiger partial charge in [-0.1, -0.05) is 35.9 Å². The van der Waals surface area contributed by atoms with E-state index in [9.17, 15) is 13.2 Å². The second kappa shape index (κ2) is 5.34. The van der Waals surface area contributed by atoms with Gasteiger partial charge in [-0.05, 0) is 31.2 Å². The molecule has 2 saturated heterocycles. The van der Waals surface area contributed by atoms with Crippen LogP contribution in [0.4, 0.5) is 16.2 Å². The van der Waals surface area contributed by atoms with E-state index in [0.717, 1.165) is 16.9 Å². The van der Waals surface area contributed by atoms with Gasteiger partial charge in [0.2, 0.25) is 0 Å². The zero-order chi connectivity index (χ0) is 16.9. The monoisotopic (exact) mass is 342 g/mol. The Bertz CT molecular complexity index is 878. The molecular weight excluding hydrogens is 324 g/mol.